The number of nitrogens with one attached hydrogen (secondary N) is 1. The lowest BCUT2D eigenvalue weighted by molar-refractivity contribution is 0.0329. The van der Waals surface area contributed by atoms with Gasteiger partial charge in [0.05, 0.1) is 11.3 Å². The topological polar surface area (TPSA) is 72.0 Å². The van der Waals surface area contributed by atoms with Crippen LogP contribution in [-0.2, 0) is 4.74 Å². The van der Waals surface area contributed by atoms with Gasteiger partial charge in [0, 0.05) is 18.0 Å². The fourth-order valence-electron chi connectivity index (χ4n) is 1.71. The van der Waals surface area contributed by atoms with Gasteiger partial charge in [0.15, 0.2) is 0 Å². The summed E-state index contributed by atoms with van der Waals surface area (Å²) in [6, 6.07) is 8.19. The number of H-pyrrole nitrogens is 1. The van der Waals surface area contributed by atoms with E-state index < -0.39 is 12.1 Å². The Morgan fingerprint density at radius 1 is 1.37 bits per heavy atom. The molecular formula is C14H14N2O3. The van der Waals surface area contributed by atoms with Crippen LogP contribution in [0.3, 0.4) is 0 Å². The van der Waals surface area contributed by atoms with E-state index in [-0.39, 0.29) is 11.1 Å². The van der Waals surface area contributed by atoms with E-state index in [1.807, 2.05) is 6.07 Å². The van der Waals surface area contributed by atoms with E-state index in [2.05, 4.69) is 9.97 Å². The Morgan fingerprint density at radius 3 is 2.79 bits per heavy atom. The summed E-state index contributed by atoms with van der Waals surface area (Å²) in [6.45, 7) is 3.45. The Bertz CT molecular complexity index is 635. The summed E-state index contributed by atoms with van der Waals surface area (Å²) in [5.41, 5.74) is 1.20. The second-order valence-electron chi connectivity index (χ2n) is 4.22. The van der Waals surface area contributed by atoms with Crippen LogP contribution in [0, 0.1) is 6.92 Å². The largest absolute Gasteiger partial charge is 0.453 e. The van der Waals surface area contributed by atoms with Gasteiger partial charge in [0.1, 0.15) is 6.10 Å². The summed E-state index contributed by atoms with van der Waals surface area (Å²) < 4.78 is 5.28. The first-order valence-corrected chi connectivity index (χ1v) is 5.89. The van der Waals surface area contributed by atoms with Crippen LogP contribution in [0.1, 0.15) is 34.8 Å². The summed E-state index contributed by atoms with van der Waals surface area (Å²) in [5, 5.41) is 0. The van der Waals surface area contributed by atoms with Gasteiger partial charge in [-0.25, -0.2) is 4.79 Å². The number of aromatic amines is 1. The maximum atomic E-state index is 11.9. The molecule has 0 aliphatic rings. The van der Waals surface area contributed by atoms with Gasteiger partial charge in [-0.15, -0.1) is 0 Å². The summed E-state index contributed by atoms with van der Waals surface area (Å²) in [4.78, 5) is 29.9. The van der Waals surface area contributed by atoms with Crippen molar-refractivity contribution in [2.75, 3.05) is 0 Å². The maximum Gasteiger partial charge on any atom is 0.339 e. The van der Waals surface area contributed by atoms with Gasteiger partial charge in [-0.2, -0.15) is 0 Å². The number of hydrogen-bond donors (Lipinski definition) is 1. The van der Waals surface area contributed by atoms with Crippen LogP contribution < -0.4 is 5.56 Å². The van der Waals surface area contributed by atoms with Gasteiger partial charge in [0.2, 0.25) is 5.56 Å². The minimum Gasteiger partial charge on any atom is -0.453 e. The molecule has 19 heavy (non-hydrogen) atoms. The van der Waals surface area contributed by atoms with Crippen LogP contribution in [0.15, 0.2) is 41.3 Å². The third-order valence-electron chi connectivity index (χ3n) is 2.60. The van der Waals surface area contributed by atoms with Crippen molar-refractivity contribution >= 4 is 5.97 Å². The lowest BCUT2D eigenvalue weighted by Gasteiger charge is -2.12. The summed E-state index contributed by atoms with van der Waals surface area (Å²) in [6.07, 6.45) is 1.17. The smallest absolute Gasteiger partial charge is 0.339 e. The molecule has 0 aliphatic carbocycles. The molecule has 0 bridgehead atoms. The molecule has 0 saturated heterocycles. The lowest BCUT2D eigenvalue weighted by Crippen LogP contribution is -2.15. The SMILES string of the molecule is Cc1cc(C(=O)O[C@@H](C)c2ccccn2)cc(=O)[nH]1. The number of aryl methyl sites for hydroxylation is 1. The molecular weight excluding hydrogens is 244 g/mol. The first-order valence-electron chi connectivity index (χ1n) is 5.89. The average Bonchev–Trinajstić information content (AvgIpc) is 2.38. The fraction of sp³-hybridized carbons (Fsp3) is 0.214. The molecule has 2 aromatic heterocycles. The van der Waals surface area contributed by atoms with E-state index in [0.717, 1.165) is 0 Å². The van der Waals surface area contributed by atoms with Crippen molar-refractivity contribution in [3.05, 3.63) is 63.8 Å². The van der Waals surface area contributed by atoms with Crippen molar-refractivity contribution in [2.45, 2.75) is 20.0 Å². The quantitative estimate of drug-likeness (QED) is 0.855. The van der Waals surface area contributed by atoms with E-state index >= 15 is 0 Å². The van der Waals surface area contributed by atoms with Crippen LogP contribution in [0.25, 0.3) is 0 Å². The zero-order chi connectivity index (χ0) is 13.8. The Hall–Kier alpha value is -2.43. The molecule has 5 heteroatoms. The monoisotopic (exact) mass is 258 g/mol. The van der Waals surface area contributed by atoms with Crippen LogP contribution in [0.2, 0.25) is 0 Å². The van der Waals surface area contributed by atoms with E-state index in [4.69, 9.17) is 4.74 Å². The molecule has 98 valence electrons. The summed E-state index contributed by atoms with van der Waals surface area (Å²) in [7, 11) is 0. The molecule has 5 nitrogen and oxygen atoms in total. The Labute approximate surface area is 110 Å². The number of carbonyl (C=O) groups is 1. The first-order chi connectivity index (χ1) is 9.06. The van der Waals surface area contributed by atoms with Crippen LogP contribution >= 0.6 is 0 Å². The van der Waals surface area contributed by atoms with Gasteiger partial charge < -0.3 is 9.72 Å². The Kier molecular flexibility index (Phi) is 3.75. The number of nitrogens with zero attached hydrogens (tertiary/aromatic N) is 1. The van der Waals surface area contributed by atoms with Crippen molar-refractivity contribution in [1.29, 1.82) is 0 Å². The van der Waals surface area contributed by atoms with Crippen molar-refractivity contribution < 1.29 is 9.53 Å². The van der Waals surface area contributed by atoms with Crippen molar-refractivity contribution in [1.82, 2.24) is 9.97 Å². The zero-order valence-electron chi connectivity index (χ0n) is 10.7. The molecule has 1 atom stereocenters. The normalized spacial score (nSPS) is 11.9. The van der Waals surface area contributed by atoms with Crippen LogP contribution in [0.4, 0.5) is 0 Å². The van der Waals surface area contributed by atoms with Crippen molar-refractivity contribution in [3.63, 3.8) is 0 Å². The lowest BCUT2D eigenvalue weighted by atomic mass is 10.2. The molecule has 0 radical (unpaired) electrons. The number of pyridine rings is 2. The molecule has 0 fully saturated rings. The number of hydrogen-bond acceptors (Lipinski definition) is 4. The van der Waals surface area contributed by atoms with Crippen LogP contribution in [0.5, 0.6) is 0 Å². The Morgan fingerprint density at radius 2 is 2.16 bits per heavy atom. The maximum absolute atomic E-state index is 11.9. The highest BCUT2D eigenvalue weighted by molar-refractivity contribution is 5.89. The molecule has 0 spiro atoms. The number of carbonyl (C=O) groups excluding carboxylic acids is 1. The molecule has 0 aromatic carbocycles. The minimum absolute atomic E-state index is 0.240. The third-order valence-corrected chi connectivity index (χ3v) is 2.60. The average molecular weight is 258 g/mol. The minimum atomic E-state index is -0.535. The second-order valence-corrected chi connectivity index (χ2v) is 4.22. The highest BCUT2D eigenvalue weighted by atomic mass is 16.5. The highest BCUT2D eigenvalue weighted by Gasteiger charge is 2.15. The number of esters is 1. The number of aromatic nitrogens is 2. The summed E-state index contributed by atoms with van der Waals surface area (Å²) >= 11 is 0. The number of rotatable bonds is 3. The molecule has 0 amide bonds. The van der Waals surface area contributed by atoms with Crippen molar-refractivity contribution in [3.8, 4) is 0 Å². The highest BCUT2D eigenvalue weighted by Crippen LogP contribution is 2.15. The summed E-state index contributed by atoms with van der Waals surface area (Å²) in [5.74, 6) is -0.535. The predicted molar refractivity (Wildman–Crippen MR) is 69.9 cm³/mol. The van der Waals surface area contributed by atoms with Gasteiger partial charge in [0.25, 0.3) is 0 Å². The van der Waals surface area contributed by atoms with E-state index in [1.54, 1.807) is 38.2 Å². The van der Waals surface area contributed by atoms with Crippen molar-refractivity contribution in [2.24, 2.45) is 0 Å². The standard InChI is InChI=1S/C14H14N2O3/c1-9-7-11(8-13(17)16-9)14(18)19-10(2)12-5-3-4-6-15-12/h3-8,10H,1-2H3,(H,16,17)/t10-/m0/s1. The van der Waals surface area contributed by atoms with E-state index in [0.29, 0.717) is 11.4 Å². The molecule has 2 aromatic rings. The van der Waals surface area contributed by atoms with Crippen LogP contribution in [-0.4, -0.2) is 15.9 Å². The molecule has 0 unspecified atom stereocenters. The Balaban J connectivity index is 2.15. The molecule has 0 saturated carbocycles. The van der Waals surface area contributed by atoms with Gasteiger partial charge in [-0.3, -0.25) is 9.78 Å². The zero-order valence-corrected chi connectivity index (χ0v) is 10.7. The van der Waals surface area contributed by atoms with E-state index in [1.165, 1.54) is 6.07 Å². The van der Waals surface area contributed by atoms with Gasteiger partial charge in [-0.1, -0.05) is 6.07 Å². The number of ether oxygens (including phenoxy) is 1. The first kappa shape index (κ1) is 13.0. The molecule has 0 aliphatic heterocycles. The third kappa shape index (κ3) is 3.28. The fourth-order valence-corrected chi connectivity index (χ4v) is 1.71. The molecule has 1 N–H and O–H groups in total. The predicted octanol–water partition coefficient (Wildman–Crippen LogP) is 2.00. The van der Waals surface area contributed by atoms with E-state index in [9.17, 15) is 9.59 Å². The second kappa shape index (κ2) is 5.48. The van der Waals surface area contributed by atoms with Gasteiger partial charge in [-0.05, 0) is 32.0 Å². The molecule has 2 heterocycles. The van der Waals surface area contributed by atoms with Gasteiger partial charge >= 0.3 is 5.97 Å². The molecule has 2 rings (SSSR count).